The molecule has 3 aromatic rings. The largest absolute Gasteiger partial charge is 0.493 e. The van der Waals surface area contributed by atoms with Crippen molar-refractivity contribution in [2.45, 2.75) is 4.90 Å². The summed E-state index contributed by atoms with van der Waals surface area (Å²) in [5.41, 5.74) is 1.16. The van der Waals surface area contributed by atoms with Crippen LogP contribution in [0, 0.1) is 0 Å². The Bertz CT molecular complexity index is 1370. The van der Waals surface area contributed by atoms with E-state index >= 15 is 0 Å². The first-order valence-corrected chi connectivity index (χ1v) is 14.1. The van der Waals surface area contributed by atoms with Crippen LogP contribution in [0.2, 0.25) is 0 Å². The molecule has 1 aromatic heterocycles. The summed E-state index contributed by atoms with van der Waals surface area (Å²) in [6, 6.07) is 10.4. The molecule has 1 aliphatic heterocycles. The molecular weight excluding hydrogens is 538 g/mol. The molecule has 4 rings (SSSR count). The fourth-order valence-electron chi connectivity index (χ4n) is 3.91. The Balaban J connectivity index is 0.00000380. The van der Waals surface area contributed by atoms with Gasteiger partial charge in [0.25, 0.3) is 5.91 Å². The molecule has 0 atom stereocenters. The zero-order valence-corrected chi connectivity index (χ0v) is 23.3. The van der Waals surface area contributed by atoms with Gasteiger partial charge in [-0.15, -0.1) is 12.4 Å². The van der Waals surface area contributed by atoms with Crippen molar-refractivity contribution < 1.29 is 27.4 Å². The summed E-state index contributed by atoms with van der Waals surface area (Å²) in [4.78, 5) is 22.0. The molecule has 12 heteroatoms. The van der Waals surface area contributed by atoms with Crippen molar-refractivity contribution in [3.8, 4) is 11.5 Å². The van der Waals surface area contributed by atoms with E-state index in [1.54, 1.807) is 43.4 Å². The van der Waals surface area contributed by atoms with Crippen LogP contribution >= 0.6 is 23.7 Å². The molecule has 0 radical (unpaired) electrons. The van der Waals surface area contributed by atoms with Crippen molar-refractivity contribution in [1.29, 1.82) is 0 Å². The molecule has 37 heavy (non-hydrogen) atoms. The van der Waals surface area contributed by atoms with Crippen LogP contribution in [0.25, 0.3) is 16.3 Å². The first-order valence-electron chi connectivity index (χ1n) is 11.4. The van der Waals surface area contributed by atoms with Crippen LogP contribution in [0.4, 0.5) is 5.13 Å². The van der Waals surface area contributed by atoms with Crippen molar-refractivity contribution in [3.05, 3.63) is 48.0 Å². The van der Waals surface area contributed by atoms with Gasteiger partial charge in [0.2, 0.25) is 0 Å². The normalized spacial score (nSPS) is 14.5. The minimum absolute atomic E-state index is 0. The summed E-state index contributed by atoms with van der Waals surface area (Å²) in [6.45, 7) is 3.96. The lowest BCUT2D eigenvalue weighted by Crippen LogP contribution is -2.42. The monoisotopic (exact) mass is 567 g/mol. The van der Waals surface area contributed by atoms with Gasteiger partial charge in [0.1, 0.15) is 5.52 Å². The summed E-state index contributed by atoms with van der Waals surface area (Å²) < 4.78 is 41.3. The molecule has 1 amide bonds. The minimum Gasteiger partial charge on any atom is -0.493 e. The molecule has 0 N–H and O–H groups in total. The van der Waals surface area contributed by atoms with E-state index in [2.05, 4.69) is 9.88 Å². The van der Waals surface area contributed by atoms with Crippen molar-refractivity contribution in [3.63, 3.8) is 0 Å². The smallest absolute Gasteiger partial charge is 0.252 e. The van der Waals surface area contributed by atoms with Gasteiger partial charge >= 0.3 is 0 Å². The lowest BCUT2D eigenvalue weighted by molar-refractivity contribution is -0.114. The van der Waals surface area contributed by atoms with Crippen LogP contribution in [-0.4, -0.2) is 84.1 Å². The summed E-state index contributed by atoms with van der Waals surface area (Å²) in [6.07, 6.45) is 4.36. The van der Waals surface area contributed by atoms with Gasteiger partial charge in [-0.25, -0.2) is 13.4 Å². The lowest BCUT2D eigenvalue weighted by atomic mass is 10.2. The Hall–Kier alpha value is -2.70. The SMILES string of the molecule is COc1ccc(C=CC(=O)N(CCN2CCOCC2)c2nc3c(S(C)(=O)=O)cccc3s2)cc1OC.Cl. The fourth-order valence-corrected chi connectivity index (χ4v) is 5.83. The summed E-state index contributed by atoms with van der Waals surface area (Å²) >= 11 is 1.30. The van der Waals surface area contributed by atoms with Gasteiger partial charge < -0.3 is 14.2 Å². The number of sulfone groups is 1. The van der Waals surface area contributed by atoms with E-state index in [-0.39, 0.29) is 23.2 Å². The van der Waals surface area contributed by atoms with Crippen LogP contribution in [0.3, 0.4) is 0 Å². The zero-order valence-electron chi connectivity index (χ0n) is 20.9. The van der Waals surface area contributed by atoms with Gasteiger partial charge in [0.15, 0.2) is 26.5 Å². The van der Waals surface area contributed by atoms with Crippen molar-refractivity contribution >= 4 is 60.9 Å². The molecular formula is C25H30ClN3O6S2. The standard InChI is InChI=1S/C25H29N3O6S2.ClH/c1-32-19-9-7-18(17-20(19)33-2)8-10-23(29)28(12-11-27-13-15-34-16-14-27)25-26-24-21(35-25)5-4-6-22(24)36(3,30)31;/h4-10,17H,11-16H2,1-3H3;1H. The van der Waals surface area contributed by atoms with Crippen molar-refractivity contribution in [1.82, 2.24) is 9.88 Å². The number of fused-ring (bicyclic) bond motifs is 1. The first-order chi connectivity index (χ1) is 17.3. The Kier molecular flexibility index (Phi) is 9.91. The maximum absolute atomic E-state index is 13.4. The predicted molar refractivity (Wildman–Crippen MR) is 148 cm³/mol. The topological polar surface area (TPSA) is 98.3 Å². The number of ether oxygens (including phenoxy) is 3. The third kappa shape index (κ3) is 6.99. The van der Waals surface area contributed by atoms with Crippen LogP contribution in [-0.2, 0) is 19.4 Å². The highest BCUT2D eigenvalue weighted by molar-refractivity contribution is 7.91. The number of anilines is 1. The zero-order chi connectivity index (χ0) is 25.7. The highest BCUT2D eigenvalue weighted by atomic mass is 35.5. The number of hydrogen-bond acceptors (Lipinski definition) is 9. The quantitative estimate of drug-likeness (QED) is 0.362. The van der Waals surface area contributed by atoms with Crippen molar-refractivity contribution in [2.75, 3.05) is 64.8 Å². The van der Waals surface area contributed by atoms with Gasteiger partial charge in [-0.3, -0.25) is 14.6 Å². The van der Waals surface area contributed by atoms with E-state index in [9.17, 15) is 13.2 Å². The molecule has 1 saturated heterocycles. The highest BCUT2D eigenvalue weighted by Crippen LogP contribution is 2.33. The Labute approximate surface area is 227 Å². The second-order valence-corrected chi connectivity index (χ2v) is 11.3. The Morgan fingerprint density at radius 3 is 2.57 bits per heavy atom. The highest BCUT2D eigenvalue weighted by Gasteiger charge is 2.22. The van der Waals surface area contributed by atoms with E-state index in [1.165, 1.54) is 23.5 Å². The molecule has 0 unspecified atom stereocenters. The molecule has 0 saturated carbocycles. The summed E-state index contributed by atoms with van der Waals surface area (Å²) in [5, 5.41) is 0.455. The number of carbonyl (C=O) groups is 1. The van der Waals surface area contributed by atoms with Gasteiger partial charge in [0, 0.05) is 38.5 Å². The van der Waals surface area contributed by atoms with Gasteiger partial charge in [0.05, 0.1) is 37.0 Å². The number of benzene rings is 2. The molecule has 0 aliphatic carbocycles. The fraction of sp³-hybridized carbons (Fsp3) is 0.360. The number of para-hydroxylation sites is 1. The molecule has 1 fully saturated rings. The minimum atomic E-state index is -3.47. The lowest BCUT2D eigenvalue weighted by Gasteiger charge is -2.28. The van der Waals surface area contributed by atoms with Crippen LogP contribution < -0.4 is 14.4 Å². The number of methoxy groups -OCH3 is 2. The van der Waals surface area contributed by atoms with E-state index in [0.717, 1.165) is 24.9 Å². The maximum atomic E-state index is 13.4. The summed E-state index contributed by atoms with van der Waals surface area (Å²) in [7, 11) is -0.344. The number of hydrogen-bond donors (Lipinski definition) is 0. The molecule has 2 heterocycles. The number of rotatable bonds is 9. The predicted octanol–water partition coefficient (Wildman–Crippen LogP) is 3.52. The molecule has 1 aliphatic rings. The second kappa shape index (κ2) is 12.7. The number of thiazole rings is 1. The third-order valence-electron chi connectivity index (χ3n) is 5.84. The molecule has 2 aromatic carbocycles. The number of morpholine rings is 1. The number of nitrogens with zero attached hydrogens (tertiary/aromatic N) is 3. The molecule has 0 spiro atoms. The maximum Gasteiger partial charge on any atom is 0.252 e. The van der Waals surface area contributed by atoms with E-state index in [1.807, 2.05) is 12.1 Å². The number of amides is 1. The second-order valence-electron chi connectivity index (χ2n) is 8.26. The number of halogens is 1. The Morgan fingerprint density at radius 2 is 1.89 bits per heavy atom. The average Bonchev–Trinajstić information content (AvgIpc) is 3.31. The van der Waals surface area contributed by atoms with Gasteiger partial charge in [-0.2, -0.15) is 0 Å². The first kappa shape index (κ1) is 28.9. The molecule has 9 nitrogen and oxygen atoms in total. The van der Waals surface area contributed by atoms with Crippen LogP contribution in [0.1, 0.15) is 5.56 Å². The average molecular weight is 568 g/mol. The third-order valence-corrected chi connectivity index (χ3v) is 8.01. The van der Waals surface area contributed by atoms with Gasteiger partial charge in [-0.1, -0.05) is 23.5 Å². The van der Waals surface area contributed by atoms with Crippen molar-refractivity contribution in [2.24, 2.45) is 0 Å². The van der Waals surface area contributed by atoms with Crippen LogP contribution in [0.15, 0.2) is 47.4 Å². The van der Waals surface area contributed by atoms with Crippen LogP contribution in [0.5, 0.6) is 11.5 Å². The number of carbonyl (C=O) groups excluding carboxylic acids is 1. The number of aromatic nitrogens is 1. The Morgan fingerprint density at radius 1 is 1.16 bits per heavy atom. The summed E-state index contributed by atoms with van der Waals surface area (Å²) in [5.74, 6) is 0.915. The molecule has 0 bridgehead atoms. The molecule has 200 valence electrons. The van der Waals surface area contributed by atoms with E-state index in [4.69, 9.17) is 14.2 Å². The van der Waals surface area contributed by atoms with Gasteiger partial charge in [-0.05, 0) is 35.9 Å². The van der Waals surface area contributed by atoms with E-state index in [0.29, 0.717) is 53.2 Å². The van der Waals surface area contributed by atoms with E-state index < -0.39 is 9.84 Å².